The number of carboxylic acids is 1. The molecule has 0 spiro atoms. The van der Waals surface area contributed by atoms with Gasteiger partial charge in [0.05, 0.1) is 5.56 Å². The number of benzene rings is 2. The molecule has 0 aliphatic rings. The zero-order valence-corrected chi connectivity index (χ0v) is 17.0. The number of carbonyl (C=O) groups is 1. The van der Waals surface area contributed by atoms with Crippen molar-refractivity contribution in [3.63, 3.8) is 0 Å². The summed E-state index contributed by atoms with van der Waals surface area (Å²) in [6, 6.07) is 14.6. The lowest BCUT2D eigenvalue weighted by Crippen LogP contribution is -2.09. The van der Waals surface area contributed by atoms with Crippen LogP contribution in [0.15, 0.2) is 59.5 Å². The van der Waals surface area contributed by atoms with Crippen LogP contribution in [0, 0.1) is 6.92 Å². The molecule has 0 fully saturated rings. The summed E-state index contributed by atoms with van der Waals surface area (Å²) in [7, 11) is 0. The standard InChI is InChI=1S/C21H17F3O3S2/c1-13-10-16(6-8-18(13)27-11-20(25)26)28-12-17-7-9-19(29-17)14-2-4-15(5-3-14)21(22,23)24/h2-10H,11-12H2,1H3,(H,25,26). The van der Waals surface area contributed by atoms with Gasteiger partial charge in [-0.1, -0.05) is 12.1 Å². The molecule has 0 amide bonds. The zero-order chi connectivity index (χ0) is 21.0. The molecule has 0 unspecified atom stereocenters. The Balaban J connectivity index is 1.62. The van der Waals surface area contributed by atoms with Crippen molar-refractivity contribution < 1.29 is 27.8 Å². The summed E-state index contributed by atoms with van der Waals surface area (Å²) in [5.74, 6) is 0.238. The monoisotopic (exact) mass is 438 g/mol. The number of rotatable bonds is 7. The van der Waals surface area contributed by atoms with Crippen molar-refractivity contribution in [1.82, 2.24) is 0 Å². The molecule has 0 saturated heterocycles. The van der Waals surface area contributed by atoms with Crippen LogP contribution < -0.4 is 4.74 Å². The van der Waals surface area contributed by atoms with Crippen LogP contribution in [0.2, 0.25) is 0 Å². The Bertz CT molecular complexity index is 995. The number of hydrogen-bond donors (Lipinski definition) is 1. The van der Waals surface area contributed by atoms with E-state index in [1.165, 1.54) is 12.1 Å². The Morgan fingerprint density at radius 2 is 1.83 bits per heavy atom. The third-order valence-corrected chi connectivity index (χ3v) is 6.40. The van der Waals surface area contributed by atoms with Crippen molar-refractivity contribution in [2.24, 2.45) is 0 Å². The van der Waals surface area contributed by atoms with Crippen molar-refractivity contribution in [1.29, 1.82) is 0 Å². The lowest BCUT2D eigenvalue weighted by Gasteiger charge is -2.08. The molecular formula is C21H17F3O3S2. The van der Waals surface area contributed by atoms with E-state index in [4.69, 9.17) is 9.84 Å². The van der Waals surface area contributed by atoms with Crippen molar-refractivity contribution >= 4 is 29.1 Å². The Hall–Kier alpha value is -2.45. The number of alkyl halides is 3. The van der Waals surface area contributed by atoms with Crippen molar-refractivity contribution in [2.45, 2.75) is 23.7 Å². The minimum Gasteiger partial charge on any atom is -0.482 e. The average Bonchev–Trinajstić information content (AvgIpc) is 3.14. The lowest BCUT2D eigenvalue weighted by atomic mass is 10.1. The molecule has 0 aliphatic heterocycles. The van der Waals surface area contributed by atoms with Crippen LogP contribution in [-0.4, -0.2) is 17.7 Å². The van der Waals surface area contributed by atoms with E-state index in [0.29, 0.717) is 5.75 Å². The first-order chi connectivity index (χ1) is 13.7. The second-order valence-corrected chi connectivity index (χ2v) is 8.46. The number of aryl methyl sites for hydroxylation is 1. The van der Waals surface area contributed by atoms with Crippen molar-refractivity contribution in [2.75, 3.05) is 6.61 Å². The number of carboxylic acid groups (broad SMARTS) is 1. The second-order valence-electron chi connectivity index (χ2n) is 6.24. The Labute approximate surface area is 174 Å². The van der Waals surface area contributed by atoms with E-state index in [9.17, 15) is 18.0 Å². The van der Waals surface area contributed by atoms with Crippen LogP contribution in [0.5, 0.6) is 5.75 Å². The molecule has 0 radical (unpaired) electrons. The van der Waals surface area contributed by atoms with Crippen LogP contribution in [0.25, 0.3) is 10.4 Å². The quantitative estimate of drug-likeness (QED) is 0.428. The maximum absolute atomic E-state index is 12.7. The van der Waals surface area contributed by atoms with Crippen LogP contribution >= 0.6 is 23.1 Å². The molecule has 0 saturated carbocycles. The molecule has 1 heterocycles. The summed E-state index contributed by atoms with van der Waals surface area (Å²) in [6.07, 6.45) is -4.33. The zero-order valence-electron chi connectivity index (χ0n) is 15.3. The van der Waals surface area contributed by atoms with Gasteiger partial charge < -0.3 is 9.84 Å². The highest BCUT2D eigenvalue weighted by molar-refractivity contribution is 7.98. The first-order valence-electron chi connectivity index (χ1n) is 8.57. The second kappa shape index (κ2) is 8.92. The molecule has 1 aromatic heterocycles. The first-order valence-corrected chi connectivity index (χ1v) is 10.4. The molecule has 152 valence electrons. The molecule has 8 heteroatoms. The van der Waals surface area contributed by atoms with Gasteiger partial charge in [-0.25, -0.2) is 4.79 Å². The number of ether oxygens (including phenoxy) is 1. The van der Waals surface area contributed by atoms with Gasteiger partial charge >= 0.3 is 12.1 Å². The largest absolute Gasteiger partial charge is 0.482 e. The topological polar surface area (TPSA) is 46.5 Å². The van der Waals surface area contributed by atoms with Crippen LogP contribution in [-0.2, 0) is 16.7 Å². The first kappa shape index (κ1) is 21.3. The van der Waals surface area contributed by atoms with E-state index in [2.05, 4.69) is 0 Å². The van der Waals surface area contributed by atoms with Gasteiger partial charge in [0.2, 0.25) is 0 Å². The summed E-state index contributed by atoms with van der Waals surface area (Å²) >= 11 is 3.17. The SMILES string of the molecule is Cc1cc(SCc2ccc(-c3ccc(C(F)(F)F)cc3)s2)ccc1OCC(=O)O. The third-order valence-electron chi connectivity index (χ3n) is 4.04. The number of halogens is 3. The minimum absolute atomic E-state index is 0.380. The van der Waals surface area contributed by atoms with Gasteiger partial charge in [-0.2, -0.15) is 13.2 Å². The van der Waals surface area contributed by atoms with E-state index in [1.54, 1.807) is 29.2 Å². The molecule has 0 atom stereocenters. The average molecular weight is 438 g/mol. The maximum Gasteiger partial charge on any atom is 0.416 e. The molecule has 3 rings (SSSR count). The fourth-order valence-electron chi connectivity index (χ4n) is 2.60. The van der Waals surface area contributed by atoms with Gasteiger partial charge in [0.25, 0.3) is 0 Å². The predicted octanol–water partition coefficient (Wildman–Crippen LogP) is 6.50. The van der Waals surface area contributed by atoms with Crippen molar-refractivity contribution in [3.05, 3.63) is 70.6 Å². The third kappa shape index (κ3) is 5.77. The van der Waals surface area contributed by atoms with Gasteiger partial charge in [0.15, 0.2) is 6.61 Å². The maximum atomic E-state index is 12.7. The van der Waals surface area contributed by atoms with Crippen LogP contribution in [0.3, 0.4) is 0 Å². The highest BCUT2D eigenvalue weighted by Gasteiger charge is 2.30. The fourth-order valence-corrected chi connectivity index (χ4v) is 4.65. The van der Waals surface area contributed by atoms with E-state index in [-0.39, 0.29) is 6.61 Å². The molecule has 0 bridgehead atoms. The number of aliphatic carboxylic acids is 1. The normalized spacial score (nSPS) is 11.4. The molecule has 0 aliphatic carbocycles. The van der Waals surface area contributed by atoms with E-state index < -0.39 is 17.7 Å². The molecule has 3 nitrogen and oxygen atoms in total. The highest BCUT2D eigenvalue weighted by atomic mass is 32.2. The Morgan fingerprint density at radius 3 is 2.45 bits per heavy atom. The summed E-state index contributed by atoms with van der Waals surface area (Å²) < 4.78 is 43.3. The molecular weight excluding hydrogens is 421 g/mol. The summed E-state index contributed by atoms with van der Waals surface area (Å²) in [6.45, 7) is 1.48. The predicted molar refractivity (Wildman–Crippen MR) is 109 cm³/mol. The van der Waals surface area contributed by atoms with Crippen LogP contribution in [0.4, 0.5) is 13.2 Å². The van der Waals surface area contributed by atoms with Gasteiger partial charge in [-0.3, -0.25) is 0 Å². The highest BCUT2D eigenvalue weighted by Crippen LogP contribution is 2.35. The van der Waals surface area contributed by atoms with Crippen LogP contribution in [0.1, 0.15) is 16.0 Å². The molecule has 2 aromatic carbocycles. The Morgan fingerprint density at radius 1 is 1.10 bits per heavy atom. The fraction of sp³-hybridized carbons (Fsp3) is 0.190. The van der Waals surface area contributed by atoms with Gasteiger partial charge in [0, 0.05) is 20.4 Å². The minimum atomic E-state index is -4.33. The molecule has 1 N–H and O–H groups in total. The summed E-state index contributed by atoms with van der Waals surface area (Å²) in [5, 5.41) is 8.69. The van der Waals surface area contributed by atoms with Gasteiger partial charge in [-0.15, -0.1) is 23.1 Å². The van der Waals surface area contributed by atoms with Gasteiger partial charge in [-0.05, 0) is 60.5 Å². The van der Waals surface area contributed by atoms with E-state index >= 15 is 0 Å². The van der Waals surface area contributed by atoms with E-state index in [1.807, 2.05) is 31.2 Å². The number of thioether (sulfide) groups is 1. The number of thiophene rings is 1. The Kier molecular flexibility index (Phi) is 6.54. The van der Waals surface area contributed by atoms with E-state index in [0.717, 1.165) is 43.7 Å². The lowest BCUT2D eigenvalue weighted by molar-refractivity contribution is -0.139. The smallest absolute Gasteiger partial charge is 0.416 e. The molecule has 3 aromatic rings. The van der Waals surface area contributed by atoms with Crippen molar-refractivity contribution in [3.8, 4) is 16.2 Å². The summed E-state index contributed by atoms with van der Waals surface area (Å²) in [4.78, 5) is 13.6. The van der Waals surface area contributed by atoms with Gasteiger partial charge in [0.1, 0.15) is 5.75 Å². The molecule has 29 heavy (non-hydrogen) atoms. The summed E-state index contributed by atoms with van der Waals surface area (Å²) in [5.41, 5.74) is 0.961. The number of hydrogen-bond acceptors (Lipinski definition) is 4.